The van der Waals surface area contributed by atoms with Crippen LogP contribution in [0.2, 0.25) is 0 Å². The maximum absolute atomic E-state index is 12.3. The maximum atomic E-state index is 12.3. The molecule has 1 amide bonds. The Bertz CT molecular complexity index is 862. The van der Waals surface area contributed by atoms with Crippen LogP contribution in [0.25, 0.3) is 11.0 Å². The molecule has 1 N–H and O–H groups in total. The van der Waals surface area contributed by atoms with E-state index in [4.69, 9.17) is 9.15 Å². The van der Waals surface area contributed by atoms with Crippen LogP contribution in [0.15, 0.2) is 47.1 Å². The molecule has 0 aliphatic carbocycles. The lowest BCUT2D eigenvalue weighted by Crippen LogP contribution is -2.14. The van der Waals surface area contributed by atoms with Crippen molar-refractivity contribution < 1.29 is 13.9 Å². The zero-order valence-electron chi connectivity index (χ0n) is 14.2. The summed E-state index contributed by atoms with van der Waals surface area (Å²) in [7, 11) is 0. The van der Waals surface area contributed by atoms with E-state index < -0.39 is 0 Å². The van der Waals surface area contributed by atoms with Crippen molar-refractivity contribution in [3.05, 3.63) is 59.4 Å². The van der Waals surface area contributed by atoms with Gasteiger partial charge in [-0.05, 0) is 68.3 Å². The van der Waals surface area contributed by atoms with Gasteiger partial charge in [-0.15, -0.1) is 0 Å². The monoisotopic (exact) mass is 323 g/mol. The first-order chi connectivity index (χ1) is 11.6. The maximum Gasteiger partial charge on any atom is 0.228 e. The van der Waals surface area contributed by atoms with Gasteiger partial charge in [-0.3, -0.25) is 4.79 Å². The highest BCUT2D eigenvalue weighted by atomic mass is 16.5. The third-order valence-corrected chi connectivity index (χ3v) is 4.07. The molecular formula is C20H21NO3. The lowest BCUT2D eigenvalue weighted by atomic mass is 10.0. The highest BCUT2D eigenvalue weighted by molar-refractivity contribution is 5.95. The second-order valence-electron chi connectivity index (χ2n) is 5.88. The van der Waals surface area contributed by atoms with E-state index in [2.05, 4.69) is 25.2 Å². The van der Waals surface area contributed by atoms with Crippen molar-refractivity contribution >= 4 is 22.6 Å². The second-order valence-corrected chi connectivity index (χ2v) is 5.88. The molecule has 3 aromatic rings. The van der Waals surface area contributed by atoms with Gasteiger partial charge in [-0.1, -0.05) is 0 Å². The number of amides is 1. The quantitative estimate of drug-likeness (QED) is 0.745. The first kappa shape index (κ1) is 16.1. The van der Waals surface area contributed by atoms with Crippen molar-refractivity contribution in [2.24, 2.45) is 0 Å². The summed E-state index contributed by atoms with van der Waals surface area (Å²) >= 11 is 0. The molecule has 0 unspecified atom stereocenters. The minimum Gasteiger partial charge on any atom is -0.494 e. The van der Waals surface area contributed by atoms with Gasteiger partial charge in [0.2, 0.25) is 5.91 Å². The molecule has 0 saturated carbocycles. The van der Waals surface area contributed by atoms with Crippen LogP contribution < -0.4 is 10.1 Å². The minimum absolute atomic E-state index is 0.0694. The number of benzene rings is 2. The predicted molar refractivity (Wildman–Crippen MR) is 95.6 cm³/mol. The predicted octanol–water partition coefficient (Wildman–Crippen LogP) is 4.63. The van der Waals surface area contributed by atoms with Gasteiger partial charge in [0.25, 0.3) is 0 Å². The topological polar surface area (TPSA) is 51.5 Å². The SMILES string of the molecule is CCOc1ccc(NC(=O)Cc2coc3cc(C)c(C)cc23)cc1. The molecule has 124 valence electrons. The molecule has 2 aromatic carbocycles. The molecular weight excluding hydrogens is 302 g/mol. The normalized spacial score (nSPS) is 10.8. The van der Waals surface area contributed by atoms with Crippen molar-refractivity contribution in [2.75, 3.05) is 11.9 Å². The molecule has 3 rings (SSSR count). The van der Waals surface area contributed by atoms with Gasteiger partial charge in [0, 0.05) is 16.6 Å². The van der Waals surface area contributed by atoms with Crippen LogP contribution in [0.3, 0.4) is 0 Å². The highest BCUT2D eigenvalue weighted by Gasteiger charge is 2.12. The van der Waals surface area contributed by atoms with Crippen molar-refractivity contribution in [3.8, 4) is 5.75 Å². The van der Waals surface area contributed by atoms with E-state index in [1.54, 1.807) is 6.26 Å². The van der Waals surface area contributed by atoms with E-state index >= 15 is 0 Å². The van der Waals surface area contributed by atoms with E-state index in [0.717, 1.165) is 28.0 Å². The zero-order chi connectivity index (χ0) is 17.1. The Labute approximate surface area is 141 Å². The average molecular weight is 323 g/mol. The second kappa shape index (κ2) is 6.79. The molecule has 0 saturated heterocycles. The molecule has 0 bridgehead atoms. The number of furan rings is 1. The van der Waals surface area contributed by atoms with Crippen LogP contribution in [0, 0.1) is 13.8 Å². The summed E-state index contributed by atoms with van der Waals surface area (Å²) in [6.45, 7) is 6.67. The number of anilines is 1. The van der Waals surface area contributed by atoms with Crippen molar-refractivity contribution in [1.82, 2.24) is 0 Å². The van der Waals surface area contributed by atoms with E-state index in [9.17, 15) is 4.79 Å². The van der Waals surface area contributed by atoms with Crippen LogP contribution in [0.1, 0.15) is 23.6 Å². The van der Waals surface area contributed by atoms with Crippen molar-refractivity contribution in [2.45, 2.75) is 27.2 Å². The average Bonchev–Trinajstić information content (AvgIpc) is 2.92. The zero-order valence-corrected chi connectivity index (χ0v) is 14.2. The van der Waals surface area contributed by atoms with Gasteiger partial charge in [-0.2, -0.15) is 0 Å². The molecule has 0 aliphatic heterocycles. The Balaban J connectivity index is 1.72. The van der Waals surface area contributed by atoms with Crippen LogP contribution in [-0.4, -0.2) is 12.5 Å². The molecule has 4 heteroatoms. The van der Waals surface area contributed by atoms with Crippen molar-refractivity contribution in [1.29, 1.82) is 0 Å². The highest BCUT2D eigenvalue weighted by Crippen LogP contribution is 2.25. The molecule has 1 aromatic heterocycles. The van der Waals surface area contributed by atoms with Gasteiger partial charge in [0.05, 0.1) is 19.3 Å². The third kappa shape index (κ3) is 3.43. The van der Waals surface area contributed by atoms with Crippen LogP contribution in [0.4, 0.5) is 5.69 Å². The molecule has 1 heterocycles. The number of hydrogen-bond donors (Lipinski definition) is 1. The number of hydrogen-bond acceptors (Lipinski definition) is 3. The summed E-state index contributed by atoms with van der Waals surface area (Å²) in [6.07, 6.45) is 1.95. The number of carbonyl (C=O) groups excluding carboxylic acids is 1. The summed E-state index contributed by atoms with van der Waals surface area (Å²) in [6, 6.07) is 11.5. The number of aryl methyl sites for hydroxylation is 2. The first-order valence-electron chi connectivity index (χ1n) is 8.07. The lowest BCUT2D eigenvalue weighted by Gasteiger charge is -2.07. The largest absolute Gasteiger partial charge is 0.494 e. The molecule has 0 radical (unpaired) electrons. The number of rotatable bonds is 5. The summed E-state index contributed by atoms with van der Waals surface area (Å²) in [4.78, 5) is 12.3. The summed E-state index contributed by atoms with van der Waals surface area (Å²) in [5, 5.41) is 3.90. The van der Waals surface area contributed by atoms with E-state index in [-0.39, 0.29) is 12.3 Å². The summed E-state index contributed by atoms with van der Waals surface area (Å²) in [5.41, 5.74) is 4.85. The number of ether oxygens (including phenoxy) is 1. The Morgan fingerprint density at radius 3 is 2.54 bits per heavy atom. The number of nitrogens with one attached hydrogen (secondary N) is 1. The van der Waals surface area contributed by atoms with E-state index in [1.165, 1.54) is 11.1 Å². The Kier molecular flexibility index (Phi) is 4.56. The van der Waals surface area contributed by atoms with Crippen molar-refractivity contribution in [3.63, 3.8) is 0 Å². The summed E-state index contributed by atoms with van der Waals surface area (Å²) < 4.78 is 11.0. The molecule has 0 aliphatic rings. The first-order valence-corrected chi connectivity index (χ1v) is 8.07. The number of fused-ring (bicyclic) bond motifs is 1. The smallest absolute Gasteiger partial charge is 0.228 e. The Morgan fingerprint density at radius 2 is 1.83 bits per heavy atom. The summed E-state index contributed by atoms with van der Waals surface area (Å²) in [5.74, 6) is 0.724. The van der Waals surface area contributed by atoms with Gasteiger partial charge in [-0.25, -0.2) is 0 Å². The fourth-order valence-electron chi connectivity index (χ4n) is 2.65. The van der Waals surface area contributed by atoms with Crippen LogP contribution in [-0.2, 0) is 11.2 Å². The lowest BCUT2D eigenvalue weighted by molar-refractivity contribution is -0.115. The fourth-order valence-corrected chi connectivity index (χ4v) is 2.65. The third-order valence-electron chi connectivity index (χ3n) is 4.07. The molecule has 0 spiro atoms. The minimum atomic E-state index is -0.0694. The van der Waals surface area contributed by atoms with E-state index in [1.807, 2.05) is 37.3 Å². The van der Waals surface area contributed by atoms with E-state index in [0.29, 0.717) is 6.61 Å². The fraction of sp³-hybridized carbons (Fsp3) is 0.250. The molecule has 0 atom stereocenters. The standard InChI is InChI=1S/C20H21NO3/c1-4-23-17-7-5-16(6-8-17)21-20(22)11-15-12-24-19-10-14(3)13(2)9-18(15)19/h5-10,12H,4,11H2,1-3H3,(H,21,22). The van der Waals surface area contributed by atoms with Gasteiger partial charge in [0.1, 0.15) is 11.3 Å². The number of carbonyl (C=O) groups is 1. The van der Waals surface area contributed by atoms with Gasteiger partial charge < -0.3 is 14.5 Å². The molecule has 4 nitrogen and oxygen atoms in total. The molecule has 0 fully saturated rings. The molecule has 24 heavy (non-hydrogen) atoms. The Hall–Kier alpha value is -2.75. The van der Waals surface area contributed by atoms with Gasteiger partial charge >= 0.3 is 0 Å². The van der Waals surface area contributed by atoms with Crippen LogP contribution in [0.5, 0.6) is 5.75 Å². The Morgan fingerprint density at radius 1 is 1.12 bits per heavy atom. The van der Waals surface area contributed by atoms with Gasteiger partial charge in [0.15, 0.2) is 0 Å². The van der Waals surface area contributed by atoms with Crippen LogP contribution >= 0.6 is 0 Å².